The van der Waals surface area contributed by atoms with Crippen LogP contribution in [0.3, 0.4) is 0 Å². The van der Waals surface area contributed by atoms with Crippen LogP contribution in [0, 0.1) is 11.8 Å². The van der Waals surface area contributed by atoms with E-state index in [0.29, 0.717) is 30.3 Å². The maximum absolute atomic E-state index is 12.3. The van der Waals surface area contributed by atoms with Crippen LogP contribution in [0.5, 0.6) is 0 Å². The lowest BCUT2D eigenvalue weighted by Gasteiger charge is -2.43. The molecule has 0 amide bonds. The van der Waals surface area contributed by atoms with Crippen LogP contribution >= 0.6 is 0 Å². The first-order valence-corrected chi connectivity index (χ1v) is 6.59. The van der Waals surface area contributed by atoms with Crippen LogP contribution in [0.1, 0.15) is 34.1 Å². The molecule has 0 radical (unpaired) electrons. The van der Waals surface area contributed by atoms with Gasteiger partial charge in [-0.3, -0.25) is 9.29 Å². The van der Waals surface area contributed by atoms with Crippen molar-refractivity contribution in [2.75, 3.05) is 26.3 Å². The van der Waals surface area contributed by atoms with Crippen LogP contribution < -0.4 is 5.32 Å². The first-order chi connectivity index (χ1) is 7.56. The van der Waals surface area contributed by atoms with E-state index in [1.807, 2.05) is 0 Å². The SMILES string of the molecule is CC(C)C1CN(CCCF)C(C(C)C)CN1. The highest BCUT2D eigenvalue weighted by molar-refractivity contribution is 4.88. The number of hydrogen-bond acceptors (Lipinski definition) is 2. The van der Waals surface area contributed by atoms with Gasteiger partial charge in [-0.25, -0.2) is 0 Å². The predicted octanol–water partition coefficient (Wildman–Crippen LogP) is 2.30. The van der Waals surface area contributed by atoms with Gasteiger partial charge in [0.2, 0.25) is 0 Å². The second-order valence-corrected chi connectivity index (χ2v) is 5.61. The van der Waals surface area contributed by atoms with Crippen molar-refractivity contribution in [2.45, 2.75) is 46.2 Å². The predicted molar refractivity (Wildman–Crippen MR) is 67.4 cm³/mol. The van der Waals surface area contributed by atoms with Gasteiger partial charge in [-0.2, -0.15) is 0 Å². The van der Waals surface area contributed by atoms with Crippen LogP contribution in [-0.4, -0.2) is 43.3 Å². The Morgan fingerprint density at radius 2 is 1.94 bits per heavy atom. The summed E-state index contributed by atoms with van der Waals surface area (Å²) in [4.78, 5) is 2.48. The smallest absolute Gasteiger partial charge is 0.0906 e. The highest BCUT2D eigenvalue weighted by Gasteiger charge is 2.30. The van der Waals surface area contributed by atoms with Crippen molar-refractivity contribution in [1.82, 2.24) is 10.2 Å². The van der Waals surface area contributed by atoms with E-state index in [2.05, 4.69) is 37.9 Å². The lowest BCUT2D eigenvalue weighted by atomic mass is 9.94. The summed E-state index contributed by atoms with van der Waals surface area (Å²) in [5, 5.41) is 3.62. The largest absolute Gasteiger partial charge is 0.311 e. The van der Waals surface area contributed by atoms with Gasteiger partial charge in [0.15, 0.2) is 0 Å². The van der Waals surface area contributed by atoms with E-state index < -0.39 is 0 Å². The molecule has 2 nitrogen and oxygen atoms in total. The average Bonchev–Trinajstić information content (AvgIpc) is 2.25. The van der Waals surface area contributed by atoms with Crippen molar-refractivity contribution in [3.05, 3.63) is 0 Å². The topological polar surface area (TPSA) is 15.3 Å². The molecule has 0 aromatic rings. The molecule has 0 aromatic carbocycles. The third kappa shape index (κ3) is 3.70. The fraction of sp³-hybridized carbons (Fsp3) is 1.00. The Kier molecular flexibility index (Phi) is 5.70. The van der Waals surface area contributed by atoms with E-state index in [-0.39, 0.29) is 6.67 Å². The quantitative estimate of drug-likeness (QED) is 0.779. The Balaban J connectivity index is 2.54. The van der Waals surface area contributed by atoms with Crippen LogP contribution in [0.25, 0.3) is 0 Å². The molecule has 1 N–H and O–H groups in total. The molecular formula is C13H27FN2. The third-order valence-corrected chi connectivity index (χ3v) is 3.64. The summed E-state index contributed by atoms with van der Waals surface area (Å²) in [7, 11) is 0. The molecule has 1 saturated heterocycles. The van der Waals surface area contributed by atoms with Gasteiger partial charge < -0.3 is 5.32 Å². The number of halogens is 1. The minimum atomic E-state index is -0.193. The van der Waals surface area contributed by atoms with Gasteiger partial charge in [-0.15, -0.1) is 0 Å². The molecule has 16 heavy (non-hydrogen) atoms. The molecule has 1 aliphatic heterocycles. The van der Waals surface area contributed by atoms with Crippen LogP contribution in [-0.2, 0) is 0 Å². The molecule has 1 heterocycles. The first-order valence-electron chi connectivity index (χ1n) is 6.59. The van der Waals surface area contributed by atoms with E-state index >= 15 is 0 Å². The fourth-order valence-electron chi connectivity index (χ4n) is 2.48. The van der Waals surface area contributed by atoms with Crippen LogP contribution in [0.4, 0.5) is 4.39 Å². The Morgan fingerprint density at radius 3 is 2.44 bits per heavy atom. The standard InChI is InChI=1S/C13H27FN2/c1-10(2)12-9-16(7-5-6-14)13(8-15-12)11(3)4/h10-13,15H,5-9H2,1-4H3. The molecule has 0 aromatic heterocycles. The molecular weight excluding hydrogens is 203 g/mol. The molecule has 1 rings (SSSR count). The molecule has 1 aliphatic rings. The van der Waals surface area contributed by atoms with Gasteiger partial charge in [0.25, 0.3) is 0 Å². The normalized spacial score (nSPS) is 27.9. The lowest BCUT2D eigenvalue weighted by Crippen LogP contribution is -2.59. The van der Waals surface area contributed by atoms with Crippen molar-refractivity contribution in [1.29, 1.82) is 0 Å². The van der Waals surface area contributed by atoms with Crippen molar-refractivity contribution in [3.63, 3.8) is 0 Å². The zero-order valence-corrected chi connectivity index (χ0v) is 11.2. The summed E-state index contributed by atoms with van der Waals surface area (Å²) < 4.78 is 12.3. The second-order valence-electron chi connectivity index (χ2n) is 5.61. The Hall–Kier alpha value is -0.150. The van der Waals surface area contributed by atoms with Gasteiger partial charge in [0.1, 0.15) is 0 Å². The minimum Gasteiger partial charge on any atom is -0.311 e. The number of piperazine rings is 1. The van der Waals surface area contributed by atoms with Crippen LogP contribution in [0.15, 0.2) is 0 Å². The number of alkyl halides is 1. The molecule has 1 fully saturated rings. The summed E-state index contributed by atoms with van der Waals surface area (Å²) in [6.07, 6.45) is 0.675. The molecule has 96 valence electrons. The van der Waals surface area contributed by atoms with Gasteiger partial charge in [-0.1, -0.05) is 27.7 Å². The summed E-state index contributed by atoms with van der Waals surface area (Å²) in [6.45, 7) is 11.8. The summed E-state index contributed by atoms with van der Waals surface area (Å²) >= 11 is 0. The molecule has 0 saturated carbocycles. The van der Waals surface area contributed by atoms with Crippen molar-refractivity contribution in [3.8, 4) is 0 Å². The highest BCUT2D eigenvalue weighted by atomic mass is 19.1. The third-order valence-electron chi connectivity index (χ3n) is 3.64. The van der Waals surface area contributed by atoms with E-state index in [0.717, 1.165) is 19.6 Å². The minimum absolute atomic E-state index is 0.193. The lowest BCUT2D eigenvalue weighted by molar-refractivity contribution is 0.0822. The van der Waals surface area contributed by atoms with Gasteiger partial charge in [0, 0.05) is 31.7 Å². The molecule has 0 bridgehead atoms. The second kappa shape index (κ2) is 6.55. The average molecular weight is 230 g/mol. The Labute approximate surface area is 99.6 Å². The number of nitrogens with one attached hydrogen (secondary N) is 1. The van der Waals surface area contributed by atoms with Gasteiger partial charge >= 0.3 is 0 Å². The zero-order valence-electron chi connectivity index (χ0n) is 11.2. The Morgan fingerprint density at radius 1 is 1.25 bits per heavy atom. The maximum Gasteiger partial charge on any atom is 0.0906 e. The maximum atomic E-state index is 12.3. The summed E-state index contributed by atoms with van der Waals surface area (Å²) in [6, 6.07) is 1.14. The number of nitrogens with zero attached hydrogens (tertiary/aromatic N) is 1. The van der Waals surface area contributed by atoms with Crippen molar-refractivity contribution in [2.24, 2.45) is 11.8 Å². The monoisotopic (exact) mass is 230 g/mol. The van der Waals surface area contributed by atoms with Crippen molar-refractivity contribution >= 4 is 0 Å². The molecule has 2 atom stereocenters. The van der Waals surface area contributed by atoms with E-state index in [9.17, 15) is 4.39 Å². The highest BCUT2D eigenvalue weighted by Crippen LogP contribution is 2.18. The van der Waals surface area contributed by atoms with Crippen LogP contribution in [0.2, 0.25) is 0 Å². The number of hydrogen-bond donors (Lipinski definition) is 1. The van der Waals surface area contributed by atoms with E-state index in [1.165, 1.54) is 0 Å². The zero-order chi connectivity index (χ0) is 12.1. The summed E-state index contributed by atoms with van der Waals surface area (Å²) in [5.74, 6) is 1.29. The summed E-state index contributed by atoms with van der Waals surface area (Å²) in [5.41, 5.74) is 0. The van der Waals surface area contributed by atoms with Gasteiger partial charge in [0.05, 0.1) is 6.67 Å². The first kappa shape index (κ1) is 13.9. The van der Waals surface area contributed by atoms with E-state index in [4.69, 9.17) is 0 Å². The number of rotatable bonds is 5. The van der Waals surface area contributed by atoms with Gasteiger partial charge in [-0.05, 0) is 18.3 Å². The van der Waals surface area contributed by atoms with E-state index in [1.54, 1.807) is 0 Å². The molecule has 0 aliphatic carbocycles. The molecule has 2 unspecified atom stereocenters. The fourth-order valence-corrected chi connectivity index (χ4v) is 2.48. The van der Waals surface area contributed by atoms with Crippen molar-refractivity contribution < 1.29 is 4.39 Å². The molecule has 0 spiro atoms. The Bertz CT molecular complexity index is 194. The molecule has 3 heteroatoms.